The van der Waals surface area contributed by atoms with Crippen molar-refractivity contribution in [1.29, 1.82) is 0 Å². The van der Waals surface area contributed by atoms with E-state index in [-0.39, 0.29) is 6.10 Å². The van der Waals surface area contributed by atoms with E-state index in [1.165, 1.54) is 0 Å². The Hall–Kier alpha value is 0.230. The number of hydrogen-bond acceptors (Lipinski definition) is 4. The van der Waals surface area contributed by atoms with E-state index < -0.39 is 0 Å². The van der Waals surface area contributed by atoms with Crippen molar-refractivity contribution in [3.05, 3.63) is 0 Å². The van der Waals surface area contributed by atoms with Gasteiger partial charge in [0.2, 0.25) is 0 Å². The van der Waals surface area contributed by atoms with Crippen LogP contribution < -0.4 is 0 Å². The molecule has 0 aliphatic carbocycles. The molecule has 0 spiro atoms. The van der Waals surface area contributed by atoms with Crippen LogP contribution in [-0.2, 0) is 14.8 Å². The first kappa shape index (κ1) is 8.33. The highest BCUT2D eigenvalue weighted by Crippen LogP contribution is 2.12. The van der Waals surface area contributed by atoms with Crippen molar-refractivity contribution >= 4 is 12.6 Å². The molecule has 1 rings (SSSR count). The second-order valence-corrected chi connectivity index (χ2v) is 2.71. The van der Waals surface area contributed by atoms with Gasteiger partial charge in [0.05, 0.1) is 12.7 Å². The third-order valence-electron chi connectivity index (χ3n) is 1.43. The zero-order valence-corrected chi connectivity index (χ0v) is 6.68. The van der Waals surface area contributed by atoms with Gasteiger partial charge in [-0.15, -0.1) is 0 Å². The Morgan fingerprint density at radius 2 is 2.40 bits per heavy atom. The lowest BCUT2D eigenvalue weighted by Crippen LogP contribution is -2.21. The van der Waals surface area contributed by atoms with Crippen LogP contribution in [0, 0.1) is 0 Å². The van der Waals surface area contributed by atoms with Gasteiger partial charge in [0, 0.05) is 6.42 Å². The van der Waals surface area contributed by atoms with Gasteiger partial charge in [-0.3, -0.25) is 0 Å². The van der Waals surface area contributed by atoms with Gasteiger partial charge in [0.25, 0.3) is 0 Å². The van der Waals surface area contributed by atoms with E-state index in [9.17, 15) is 0 Å². The molecule has 0 N–H and O–H groups in total. The summed E-state index contributed by atoms with van der Waals surface area (Å²) >= 11 is 4.09. The van der Waals surface area contributed by atoms with Crippen LogP contribution in [0.5, 0.6) is 0 Å². The molecule has 0 unspecified atom stereocenters. The molecular weight excluding hydrogens is 152 g/mol. The highest BCUT2D eigenvalue weighted by atomic mass is 32.1. The van der Waals surface area contributed by atoms with E-state index in [0.717, 1.165) is 25.0 Å². The minimum atomic E-state index is 0.209. The molecule has 3 nitrogen and oxygen atoms in total. The van der Waals surface area contributed by atoms with E-state index in [2.05, 4.69) is 22.6 Å². The van der Waals surface area contributed by atoms with Gasteiger partial charge >= 0.3 is 0 Å². The van der Waals surface area contributed by atoms with Crippen LogP contribution in [0.1, 0.15) is 19.3 Å². The molecule has 1 fully saturated rings. The largest absolute Gasteiger partial charge is 0.206 e. The van der Waals surface area contributed by atoms with Crippen LogP contribution in [-0.4, -0.2) is 18.5 Å². The van der Waals surface area contributed by atoms with Crippen molar-refractivity contribution in [2.45, 2.75) is 25.4 Å². The van der Waals surface area contributed by atoms with Gasteiger partial charge in [-0.25, -0.2) is 9.78 Å². The standard InChI is InChI=1S/C6H12O3S/c10-5-1-2-6-3-4-7-9-8-6/h6,10H,1-5H2/t6-/m1/s1. The maximum Gasteiger partial charge on any atom is 0.0984 e. The molecule has 10 heavy (non-hydrogen) atoms. The topological polar surface area (TPSA) is 27.7 Å². The SMILES string of the molecule is SCCC[C@@H]1CCOOO1. The fraction of sp³-hybridized carbons (Fsp3) is 1.00. The van der Waals surface area contributed by atoms with Crippen molar-refractivity contribution in [3.63, 3.8) is 0 Å². The predicted octanol–water partition coefficient (Wildman–Crippen LogP) is 1.35. The smallest absolute Gasteiger partial charge is 0.0984 e. The van der Waals surface area contributed by atoms with Crippen molar-refractivity contribution in [2.24, 2.45) is 0 Å². The summed E-state index contributed by atoms with van der Waals surface area (Å²) in [4.78, 5) is 9.36. The lowest BCUT2D eigenvalue weighted by Gasteiger charge is -2.18. The Labute approximate surface area is 65.9 Å². The average Bonchev–Trinajstić information content (AvgIpc) is 2.03. The molecule has 4 heteroatoms. The van der Waals surface area contributed by atoms with Gasteiger partial charge in [-0.05, 0) is 18.6 Å². The Morgan fingerprint density at radius 3 is 3.00 bits per heavy atom. The Morgan fingerprint density at radius 1 is 1.50 bits per heavy atom. The number of rotatable bonds is 3. The summed E-state index contributed by atoms with van der Waals surface area (Å²) in [6.45, 7) is 0.636. The quantitative estimate of drug-likeness (QED) is 0.504. The first-order valence-electron chi connectivity index (χ1n) is 3.49. The Kier molecular flexibility index (Phi) is 4.13. The summed E-state index contributed by atoms with van der Waals surface area (Å²) in [6.07, 6.45) is 3.21. The molecule has 60 valence electrons. The predicted molar refractivity (Wildman–Crippen MR) is 39.6 cm³/mol. The van der Waals surface area contributed by atoms with Crippen molar-refractivity contribution in [1.82, 2.24) is 0 Å². The minimum absolute atomic E-state index is 0.209. The first-order valence-corrected chi connectivity index (χ1v) is 4.12. The van der Waals surface area contributed by atoms with Crippen LogP contribution in [0.15, 0.2) is 0 Å². The van der Waals surface area contributed by atoms with Crippen LogP contribution in [0.4, 0.5) is 0 Å². The fourth-order valence-electron chi connectivity index (χ4n) is 0.856. The monoisotopic (exact) mass is 164 g/mol. The lowest BCUT2D eigenvalue weighted by molar-refractivity contribution is -0.549. The first-order chi connectivity index (χ1) is 4.93. The molecule has 1 atom stereocenters. The Bertz CT molecular complexity index is 83.1. The summed E-state index contributed by atoms with van der Waals surface area (Å²) in [5.41, 5.74) is 0. The van der Waals surface area contributed by atoms with Crippen LogP contribution in [0.3, 0.4) is 0 Å². The molecular formula is C6H12O3S. The van der Waals surface area contributed by atoms with Gasteiger partial charge in [-0.2, -0.15) is 12.6 Å². The maximum atomic E-state index is 4.82. The molecule has 0 aromatic rings. The van der Waals surface area contributed by atoms with Gasteiger partial charge in [0.1, 0.15) is 0 Å². The summed E-state index contributed by atoms with van der Waals surface area (Å²) in [7, 11) is 0. The van der Waals surface area contributed by atoms with Crippen molar-refractivity contribution in [3.8, 4) is 0 Å². The summed E-state index contributed by atoms with van der Waals surface area (Å²) in [5.74, 6) is 0.903. The zero-order valence-electron chi connectivity index (χ0n) is 5.78. The molecule has 0 bridgehead atoms. The fourth-order valence-corrected chi connectivity index (χ4v) is 1.04. The highest BCUT2D eigenvalue weighted by molar-refractivity contribution is 7.80. The molecule has 1 aliphatic heterocycles. The summed E-state index contributed by atoms with van der Waals surface area (Å²) < 4.78 is 0. The number of thiol groups is 1. The van der Waals surface area contributed by atoms with Crippen LogP contribution in [0.25, 0.3) is 0 Å². The van der Waals surface area contributed by atoms with E-state index >= 15 is 0 Å². The van der Waals surface area contributed by atoms with Gasteiger partial charge < -0.3 is 0 Å². The zero-order chi connectivity index (χ0) is 7.23. The molecule has 1 saturated heterocycles. The van der Waals surface area contributed by atoms with Crippen molar-refractivity contribution in [2.75, 3.05) is 12.4 Å². The van der Waals surface area contributed by atoms with E-state index in [1.54, 1.807) is 0 Å². The molecule has 0 aromatic carbocycles. The second-order valence-electron chi connectivity index (χ2n) is 2.26. The average molecular weight is 164 g/mol. The van der Waals surface area contributed by atoms with Gasteiger partial charge in [-0.1, -0.05) is 5.04 Å². The van der Waals surface area contributed by atoms with Crippen LogP contribution in [0.2, 0.25) is 0 Å². The number of hydrogen-bond donors (Lipinski definition) is 1. The van der Waals surface area contributed by atoms with Crippen molar-refractivity contribution < 1.29 is 14.8 Å². The summed E-state index contributed by atoms with van der Waals surface area (Å²) in [5, 5.41) is 4.35. The maximum absolute atomic E-state index is 4.82. The molecule has 0 radical (unpaired) electrons. The summed E-state index contributed by atoms with van der Waals surface area (Å²) in [6, 6.07) is 0. The normalized spacial score (nSPS) is 26.7. The Balaban J connectivity index is 2.02. The third-order valence-corrected chi connectivity index (χ3v) is 1.75. The van der Waals surface area contributed by atoms with Crippen LogP contribution >= 0.6 is 12.6 Å². The van der Waals surface area contributed by atoms with E-state index in [1.807, 2.05) is 0 Å². The molecule has 0 aromatic heterocycles. The second kappa shape index (κ2) is 4.96. The molecule has 1 aliphatic rings. The molecule has 0 saturated carbocycles. The molecule has 0 amide bonds. The van der Waals surface area contributed by atoms with E-state index in [4.69, 9.17) is 4.89 Å². The van der Waals surface area contributed by atoms with Gasteiger partial charge in [0.15, 0.2) is 0 Å². The third kappa shape index (κ3) is 2.88. The highest BCUT2D eigenvalue weighted by Gasteiger charge is 2.14. The minimum Gasteiger partial charge on any atom is -0.206 e. The van der Waals surface area contributed by atoms with E-state index in [0.29, 0.717) is 6.61 Å². The molecule has 1 heterocycles. The lowest BCUT2D eigenvalue weighted by atomic mass is 10.1.